The van der Waals surface area contributed by atoms with Gasteiger partial charge in [0.1, 0.15) is 24.7 Å². The summed E-state index contributed by atoms with van der Waals surface area (Å²) >= 11 is 6.07. The number of hydrogen-bond donors (Lipinski definition) is 2. The predicted octanol–water partition coefficient (Wildman–Crippen LogP) is 2.87. The molecular weight excluding hydrogens is 380 g/mol. The second-order valence-corrected chi connectivity index (χ2v) is 7.43. The SMILES string of the molecule is Cc1ncnc2c1ccn2[C@@H]1C[C@H](Oc2ccc(Cl)cc2OCCN)[C@@H](O)C1. The van der Waals surface area contributed by atoms with Gasteiger partial charge in [0.15, 0.2) is 11.5 Å². The van der Waals surface area contributed by atoms with Gasteiger partial charge in [-0.05, 0) is 31.5 Å². The van der Waals surface area contributed by atoms with Crippen LogP contribution in [0.25, 0.3) is 11.0 Å². The molecule has 7 nitrogen and oxygen atoms in total. The number of rotatable bonds is 6. The minimum absolute atomic E-state index is 0.0903. The van der Waals surface area contributed by atoms with Crippen LogP contribution < -0.4 is 15.2 Å². The lowest BCUT2D eigenvalue weighted by Crippen LogP contribution is -2.26. The van der Waals surface area contributed by atoms with Gasteiger partial charge in [-0.25, -0.2) is 9.97 Å². The second-order valence-electron chi connectivity index (χ2n) is 7.00. The number of aliphatic hydroxyl groups is 1. The van der Waals surface area contributed by atoms with E-state index < -0.39 is 6.10 Å². The summed E-state index contributed by atoms with van der Waals surface area (Å²) < 4.78 is 13.9. The second kappa shape index (κ2) is 7.95. The molecule has 0 unspecified atom stereocenters. The van der Waals surface area contributed by atoms with E-state index >= 15 is 0 Å². The first-order valence-corrected chi connectivity index (χ1v) is 9.70. The molecule has 1 aromatic carbocycles. The number of fused-ring (bicyclic) bond motifs is 1. The maximum Gasteiger partial charge on any atom is 0.162 e. The Morgan fingerprint density at radius 3 is 2.93 bits per heavy atom. The lowest BCUT2D eigenvalue weighted by atomic mass is 10.2. The van der Waals surface area contributed by atoms with Crippen molar-refractivity contribution < 1.29 is 14.6 Å². The Hall–Kier alpha value is -2.35. The molecule has 3 N–H and O–H groups in total. The Balaban J connectivity index is 1.54. The number of halogens is 1. The number of hydrogen-bond acceptors (Lipinski definition) is 6. The van der Waals surface area contributed by atoms with Gasteiger partial charge in [0, 0.05) is 41.7 Å². The van der Waals surface area contributed by atoms with Crippen LogP contribution in [0.1, 0.15) is 24.6 Å². The number of nitrogens with zero attached hydrogens (tertiary/aromatic N) is 3. The van der Waals surface area contributed by atoms with Gasteiger partial charge in [-0.15, -0.1) is 0 Å². The zero-order valence-corrected chi connectivity index (χ0v) is 16.3. The van der Waals surface area contributed by atoms with Crippen molar-refractivity contribution in [1.82, 2.24) is 14.5 Å². The van der Waals surface area contributed by atoms with Crippen LogP contribution in [0, 0.1) is 6.92 Å². The molecule has 2 heterocycles. The Morgan fingerprint density at radius 2 is 2.11 bits per heavy atom. The molecule has 28 heavy (non-hydrogen) atoms. The molecule has 0 radical (unpaired) electrons. The third kappa shape index (κ3) is 3.65. The third-order valence-electron chi connectivity index (χ3n) is 5.11. The number of aliphatic hydroxyl groups excluding tert-OH is 1. The molecule has 0 saturated heterocycles. The van der Waals surface area contributed by atoms with Crippen LogP contribution in [-0.2, 0) is 0 Å². The summed E-state index contributed by atoms with van der Waals surface area (Å²) in [5, 5.41) is 12.2. The van der Waals surface area contributed by atoms with E-state index in [9.17, 15) is 5.11 Å². The highest BCUT2D eigenvalue weighted by atomic mass is 35.5. The Bertz CT molecular complexity index is 977. The Labute approximate surface area is 168 Å². The molecule has 1 fully saturated rings. The summed E-state index contributed by atoms with van der Waals surface area (Å²) in [5.74, 6) is 1.08. The fraction of sp³-hybridized carbons (Fsp3) is 0.400. The van der Waals surface area contributed by atoms with Crippen LogP contribution >= 0.6 is 11.6 Å². The van der Waals surface area contributed by atoms with Crippen molar-refractivity contribution >= 4 is 22.6 Å². The Morgan fingerprint density at radius 1 is 1.25 bits per heavy atom. The van der Waals surface area contributed by atoms with E-state index in [-0.39, 0.29) is 12.1 Å². The van der Waals surface area contributed by atoms with E-state index in [2.05, 4.69) is 14.5 Å². The highest BCUT2D eigenvalue weighted by molar-refractivity contribution is 6.30. The molecule has 1 saturated carbocycles. The van der Waals surface area contributed by atoms with Gasteiger partial charge < -0.3 is 24.9 Å². The summed E-state index contributed by atoms with van der Waals surface area (Å²) in [6, 6.07) is 7.31. The van der Waals surface area contributed by atoms with Crippen molar-refractivity contribution in [1.29, 1.82) is 0 Å². The molecule has 3 atom stereocenters. The molecule has 1 aliphatic carbocycles. The molecule has 0 aliphatic heterocycles. The first-order chi connectivity index (χ1) is 13.6. The van der Waals surface area contributed by atoms with Crippen molar-refractivity contribution in [3.63, 3.8) is 0 Å². The first-order valence-electron chi connectivity index (χ1n) is 9.32. The summed E-state index contributed by atoms with van der Waals surface area (Å²) in [6.07, 6.45) is 3.87. The zero-order valence-electron chi connectivity index (χ0n) is 15.6. The monoisotopic (exact) mass is 402 g/mol. The first kappa shape index (κ1) is 19.0. The molecule has 2 aromatic heterocycles. The summed E-state index contributed by atoms with van der Waals surface area (Å²) in [5.41, 5.74) is 7.35. The minimum Gasteiger partial charge on any atom is -0.488 e. The van der Waals surface area contributed by atoms with Crippen molar-refractivity contribution in [3.05, 3.63) is 47.5 Å². The van der Waals surface area contributed by atoms with Crippen LogP contribution in [0.5, 0.6) is 11.5 Å². The topological polar surface area (TPSA) is 95.4 Å². The van der Waals surface area contributed by atoms with Gasteiger partial charge in [-0.1, -0.05) is 11.6 Å². The highest BCUT2D eigenvalue weighted by Crippen LogP contribution is 2.38. The lowest BCUT2D eigenvalue weighted by Gasteiger charge is -2.20. The minimum atomic E-state index is -0.594. The van der Waals surface area contributed by atoms with Gasteiger partial charge in [0.05, 0.1) is 11.8 Å². The largest absolute Gasteiger partial charge is 0.488 e. The molecule has 8 heteroatoms. The summed E-state index contributed by atoms with van der Waals surface area (Å²) in [7, 11) is 0. The van der Waals surface area contributed by atoms with E-state index in [1.807, 2.05) is 19.2 Å². The molecular formula is C20H23ClN4O3. The fourth-order valence-electron chi connectivity index (χ4n) is 3.72. The fourth-order valence-corrected chi connectivity index (χ4v) is 3.88. The molecule has 4 rings (SSSR count). The Kier molecular flexibility index (Phi) is 5.39. The number of aromatic nitrogens is 3. The smallest absolute Gasteiger partial charge is 0.162 e. The average molecular weight is 403 g/mol. The standard InChI is InChI=1S/C20H23ClN4O3/c1-12-15-4-6-25(20(15)24-11-23-12)14-9-16(26)18(10-14)28-17-3-2-13(21)8-19(17)27-7-5-22/h2-4,6,8,11,14,16,18,26H,5,7,9-10,22H2,1H3/t14-,16-,18-/m0/s1. The van der Waals surface area contributed by atoms with E-state index in [0.29, 0.717) is 42.5 Å². The van der Waals surface area contributed by atoms with E-state index in [1.165, 1.54) is 0 Å². The number of ether oxygens (including phenoxy) is 2. The predicted molar refractivity (Wildman–Crippen MR) is 107 cm³/mol. The molecule has 0 amide bonds. The van der Waals surface area contributed by atoms with Gasteiger partial charge in [0.25, 0.3) is 0 Å². The molecule has 1 aliphatic rings. The maximum absolute atomic E-state index is 10.6. The van der Waals surface area contributed by atoms with Crippen LogP contribution in [-0.4, -0.2) is 45.0 Å². The van der Waals surface area contributed by atoms with E-state index in [4.69, 9.17) is 26.8 Å². The van der Waals surface area contributed by atoms with Crippen molar-refractivity contribution in [2.75, 3.05) is 13.2 Å². The van der Waals surface area contributed by atoms with Gasteiger partial charge in [-0.3, -0.25) is 0 Å². The lowest BCUT2D eigenvalue weighted by molar-refractivity contribution is 0.0581. The third-order valence-corrected chi connectivity index (χ3v) is 5.34. The average Bonchev–Trinajstić information content (AvgIpc) is 3.26. The molecule has 0 bridgehead atoms. The van der Waals surface area contributed by atoms with Crippen molar-refractivity contribution in [2.24, 2.45) is 5.73 Å². The van der Waals surface area contributed by atoms with Gasteiger partial charge in [-0.2, -0.15) is 0 Å². The van der Waals surface area contributed by atoms with E-state index in [0.717, 1.165) is 16.7 Å². The highest BCUT2D eigenvalue weighted by Gasteiger charge is 2.36. The van der Waals surface area contributed by atoms with Gasteiger partial charge >= 0.3 is 0 Å². The van der Waals surface area contributed by atoms with Crippen LogP contribution in [0.15, 0.2) is 36.8 Å². The maximum atomic E-state index is 10.6. The molecule has 0 spiro atoms. The van der Waals surface area contributed by atoms with E-state index in [1.54, 1.807) is 24.5 Å². The van der Waals surface area contributed by atoms with Crippen LogP contribution in [0.2, 0.25) is 5.02 Å². The van der Waals surface area contributed by atoms with Crippen molar-refractivity contribution in [3.8, 4) is 11.5 Å². The molecule has 148 valence electrons. The number of aryl methyl sites for hydroxylation is 1. The van der Waals surface area contributed by atoms with Gasteiger partial charge in [0.2, 0.25) is 0 Å². The summed E-state index contributed by atoms with van der Waals surface area (Å²) in [6.45, 7) is 2.72. The zero-order chi connectivity index (χ0) is 19.7. The number of nitrogens with two attached hydrogens (primary N) is 1. The van der Waals surface area contributed by atoms with Crippen molar-refractivity contribution in [2.45, 2.75) is 38.0 Å². The summed E-state index contributed by atoms with van der Waals surface area (Å²) in [4.78, 5) is 8.66. The number of benzene rings is 1. The normalized spacial score (nSPS) is 21.9. The van der Waals surface area contributed by atoms with Crippen LogP contribution in [0.4, 0.5) is 0 Å². The van der Waals surface area contributed by atoms with Crippen LogP contribution in [0.3, 0.4) is 0 Å². The quantitative estimate of drug-likeness (QED) is 0.658. The molecule has 3 aromatic rings.